The number of amidine groups is 1. The summed E-state index contributed by atoms with van der Waals surface area (Å²) in [5, 5.41) is 2.27. The van der Waals surface area contributed by atoms with E-state index in [-0.39, 0.29) is 0 Å². The SMILES string of the molecule is COc1ccc(CN=C(C)N)c2ccccc12. The Morgan fingerprint density at radius 1 is 1.18 bits per heavy atom. The maximum absolute atomic E-state index is 5.57. The van der Waals surface area contributed by atoms with Gasteiger partial charge in [-0.1, -0.05) is 30.3 Å². The summed E-state index contributed by atoms with van der Waals surface area (Å²) >= 11 is 0. The van der Waals surface area contributed by atoms with Crippen LogP contribution in [0.5, 0.6) is 5.75 Å². The van der Waals surface area contributed by atoms with Crippen molar-refractivity contribution in [3.05, 3.63) is 42.0 Å². The summed E-state index contributed by atoms with van der Waals surface area (Å²) in [6.07, 6.45) is 0. The average molecular weight is 228 g/mol. The van der Waals surface area contributed by atoms with E-state index in [1.807, 2.05) is 24.3 Å². The standard InChI is InChI=1S/C14H16N2O/c1-10(15)16-9-11-7-8-14(17-2)13-6-4-3-5-12(11)13/h3-8H,9H2,1-2H3,(H2,15,16). The van der Waals surface area contributed by atoms with E-state index >= 15 is 0 Å². The quantitative estimate of drug-likeness (QED) is 0.648. The number of rotatable bonds is 3. The van der Waals surface area contributed by atoms with Gasteiger partial charge < -0.3 is 10.5 Å². The van der Waals surface area contributed by atoms with E-state index in [4.69, 9.17) is 10.5 Å². The number of ether oxygens (including phenoxy) is 1. The van der Waals surface area contributed by atoms with Gasteiger partial charge in [-0.3, -0.25) is 4.99 Å². The monoisotopic (exact) mass is 228 g/mol. The fourth-order valence-corrected chi connectivity index (χ4v) is 1.86. The van der Waals surface area contributed by atoms with Crippen molar-refractivity contribution in [2.75, 3.05) is 7.11 Å². The zero-order chi connectivity index (χ0) is 12.3. The summed E-state index contributed by atoms with van der Waals surface area (Å²) in [7, 11) is 1.68. The van der Waals surface area contributed by atoms with E-state index in [2.05, 4.69) is 17.1 Å². The first-order valence-electron chi connectivity index (χ1n) is 5.53. The number of nitrogens with zero attached hydrogens (tertiary/aromatic N) is 1. The summed E-state index contributed by atoms with van der Waals surface area (Å²) in [6, 6.07) is 12.2. The molecular formula is C14H16N2O. The number of nitrogens with two attached hydrogens (primary N) is 1. The minimum atomic E-state index is 0.602. The fraction of sp³-hybridized carbons (Fsp3) is 0.214. The second-order valence-electron chi connectivity index (χ2n) is 3.93. The van der Waals surface area contributed by atoms with E-state index in [1.165, 1.54) is 0 Å². The molecule has 0 aliphatic heterocycles. The molecule has 88 valence electrons. The average Bonchev–Trinajstić information content (AvgIpc) is 2.35. The predicted molar refractivity (Wildman–Crippen MR) is 71.5 cm³/mol. The van der Waals surface area contributed by atoms with Gasteiger partial charge in [-0.2, -0.15) is 0 Å². The van der Waals surface area contributed by atoms with Gasteiger partial charge in [0.15, 0.2) is 0 Å². The number of fused-ring (bicyclic) bond motifs is 1. The summed E-state index contributed by atoms with van der Waals surface area (Å²) in [5.41, 5.74) is 6.72. The highest BCUT2D eigenvalue weighted by Gasteiger charge is 2.04. The van der Waals surface area contributed by atoms with Crippen LogP contribution in [-0.4, -0.2) is 12.9 Å². The Bertz CT molecular complexity index is 557. The maximum atomic E-state index is 5.57. The molecule has 2 aromatic rings. The van der Waals surface area contributed by atoms with Crippen molar-refractivity contribution in [2.45, 2.75) is 13.5 Å². The lowest BCUT2D eigenvalue weighted by Gasteiger charge is -2.09. The molecule has 2 aromatic carbocycles. The van der Waals surface area contributed by atoms with Crippen LogP contribution in [0.3, 0.4) is 0 Å². The van der Waals surface area contributed by atoms with Gasteiger partial charge in [0, 0.05) is 5.39 Å². The Labute approximate surface area is 101 Å². The Hall–Kier alpha value is -2.03. The van der Waals surface area contributed by atoms with E-state index in [0.29, 0.717) is 12.4 Å². The van der Waals surface area contributed by atoms with Crippen LogP contribution in [0, 0.1) is 0 Å². The fourth-order valence-electron chi connectivity index (χ4n) is 1.86. The molecule has 3 heteroatoms. The van der Waals surface area contributed by atoms with Gasteiger partial charge in [0.05, 0.1) is 19.5 Å². The molecule has 0 fully saturated rings. The highest BCUT2D eigenvalue weighted by Crippen LogP contribution is 2.28. The first kappa shape index (κ1) is 11.5. The van der Waals surface area contributed by atoms with Crippen molar-refractivity contribution in [2.24, 2.45) is 10.7 Å². The number of hydrogen-bond donors (Lipinski definition) is 1. The van der Waals surface area contributed by atoms with Crippen LogP contribution in [0.25, 0.3) is 10.8 Å². The van der Waals surface area contributed by atoms with Gasteiger partial charge in [0.25, 0.3) is 0 Å². The molecule has 0 unspecified atom stereocenters. The predicted octanol–water partition coefficient (Wildman–Crippen LogP) is 2.73. The molecule has 17 heavy (non-hydrogen) atoms. The molecule has 0 saturated carbocycles. The molecule has 0 atom stereocenters. The molecule has 0 radical (unpaired) electrons. The molecule has 0 aromatic heterocycles. The van der Waals surface area contributed by atoms with E-state index in [0.717, 1.165) is 22.1 Å². The van der Waals surface area contributed by atoms with Gasteiger partial charge in [0.1, 0.15) is 5.75 Å². The number of methoxy groups -OCH3 is 1. The summed E-state index contributed by atoms with van der Waals surface area (Å²) in [6.45, 7) is 2.40. The number of benzene rings is 2. The van der Waals surface area contributed by atoms with Gasteiger partial charge >= 0.3 is 0 Å². The molecular weight excluding hydrogens is 212 g/mol. The molecule has 2 N–H and O–H groups in total. The highest BCUT2D eigenvalue weighted by atomic mass is 16.5. The minimum Gasteiger partial charge on any atom is -0.496 e. The first-order valence-corrected chi connectivity index (χ1v) is 5.53. The topological polar surface area (TPSA) is 47.6 Å². The van der Waals surface area contributed by atoms with Crippen molar-refractivity contribution in [1.29, 1.82) is 0 Å². The normalized spacial score (nSPS) is 11.8. The smallest absolute Gasteiger partial charge is 0.126 e. The Kier molecular flexibility index (Phi) is 3.28. The van der Waals surface area contributed by atoms with Crippen molar-refractivity contribution in [3.8, 4) is 5.75 Å². The third-order valence-electron chi connectivity index (χ3n) is 2.69. The molecule has 3 nitrogen and oxygen atoms in total. The van der Waals surface area contributed by atoms with Crippen LogP contribution >= 0.6 is 0 Å². The van der Waals surface area contributed by atoms with Crippen molar-refractivity contribution < 1.29 is 4.74 Å². The molecule has 0 saturated heterocycles. The van der Waals surface area contributed by atoms with Crippen LogP contribution in [-0.2, 0) is 6.54 Å². The Morgan fingerprint density at radius 2 is 1.88 bits per heavy atom. The second-order valence-corrected chi connectivity index (χ2v) is 3.93. The lowest BCUT2D eigenvalue weighted by Crippen LogP contribution is -2.05. The van der Waals surface area contributed by atoms with Gasteiger partial charge in [-0.15, -0.1) is 0 Å². The summed E-state index contributed by atoms with van der Waals surface area (Å²) in [5.74, 6) is 1.49. The first-order chi connectivity index (χ1) is 8.22. The summed E-state index contributed by atoms with van der Waals surface area (Å²) in [4.78, 5) is 4.25. The van der Waals surface area contributed by atoms with Gasteiger partial charge in [0.2, 0.25) is 0 Å². The molecule has 0 amide bonds. The summed E-state index contributed by atoms with van der Waals surface area (Å²) < 4.78 is 5.35. The van der Waals surface area contributed by atoms with E-state index < -0.39 is 0 Å². The molecule has 0 heterocycles. The third-order valence-corrected chi connectivity index (χ3v) is 2.69. The van der Waals surface area contributed by atoms with Gasteiger partial charge in [-0.05, 0) is 23.9 Å². The lowest BCUT2D eigenvalue weighted by molar-refractivity contribution is 0.419. The van der Waals surface area contributed by atoms with Crippen molar-refractivity contribution in [3.63, 3.8) is 0 Å². The Morgan fingerprint density at radius 3 is 2.53 bits per heavy atom. The maximum Gasteiger partial charge on any atom is 0.126 e. The largest absolute Gasteiger partial charge is 0.496 e. The molecule has 0 aliphatic rings. The van der Waals surface area contributed by atoms with Crippen LogP contribution in [0.4, 0.5) is 0 Å². The zero-order valence-electron chi connectivity index (χ0n) is 10.1. The zero-order valence-corrected chi connectivity index (χ0v) is 10.1. The van der Waals surface area contributed by atoms with Crippen LogP contribution in [0.15, 0.2) is 41.4 Å². The lowest BCUT2D eigenvalue weighted by atomic mass is 10.0. The van der Waals surface area contributed by atoms with Crippen molar-refractivity contribution >= 4 is 16.6 Å². The molecule has 0 spiro atoms. The Balaban J connectivity index is 2.54. The van der Waals surface area contributed by atoms with E-state index in [1.54, 1.807) is 14.0 Å². The highest BCUT2D eigenvalue weighted by molar-refractivity contribution is 5.91. The van der Waals surface area contributed by atoms with Crippen LogP contribution in [0.2, 0.25) is 0 Å². The number of aliphatic imine (C=N–C) groups is 1. The molecule has 0 aliphatic carbocycles. The minimum absolute atomic E-state index is 0.602. The van der Waals surface area contributed by atoms with Crippen LogP contribution in [0.1, 0.15) is 12.5 Å². The number of hydrogen-bond acceptors (Lipinski definition) is 2. The van der Waals surface area contributed by atoms with Crippen LogP contribution < -0.4 is 10.5 Å². The molecule has 2 rings (SSSR count). The van der Waals surface area contributed by atoms with E-state index in [9.17, 15) is 0 Å². The van der Waals surface area contributed by atoms with Crippen molar-refractivity contribution in [1.82, 2.24) is 0 Å². The molecule has 0 bridgehead atoms. The third kappa shape index (κ3) is 2.38. The van der Waals surface area contributed by atoms with Gasteiger partial charge in [-0.25, -0.2) is 0 Å². The second kappa shape index (κ2) is 4.87.